The molecule has 2 aliphatic carbocycles. The van der Waals surface area contributed by atoms with Gasteiger partial charge in [0.05, 0.1) is 11.4 Å². The molecule has 12 aromatic rings. The van der Waals surface area contributed by atoms with Gasteiger partial charge in [-0.25, -0.2) is 0 Å². The van der Waals surface area contributed by atoms with Gasteiger partial charge in [0.2, 0.25) is 0 Å². The van der Waals surface area contributed by atoms with Crippen molar-refractivity contribution in [3.8, 4) is 22.3 Å². The van der Waals surface area contributed by atoms with Crippen molar-refractivity contribution in [3.63, 3.8) is 0 Å². The summed E-state index contributed by atoms with van der Waals surface area (Å²) in [6, 6.07) is 90.0. The van der Waals surface area contributed by atoms with Crippen molar-refractivity contribution in [2.24, 2.45) is 0 Å². The summed E-state index contributed by atoms with van der Waals surface area (Å²) in [6.07, 6.45) is 4.60. The Morgan fingerprint density at radius 2 is 0.595 bits per heavy atom. The minimum absolute atomic E-state index is 0.210. The maximum Gasteiger partial charge on any atom is 0.0540 e. The Hall–Kier alpha value is -8.98. The van der Waals surface area contributed by atoms with E-state index in [1.54, 1.807) is 0 Å². The van der Waals surface area contributed by atoms with Gasteiger partial charge in [0.1, 0.15) is 0 Å². The zero-order chi connectivity index (χ0) is 49.7. The molecule has 0 amide bonds. The number of hydrogen-bond acceptors (Lipinski definition) is 2. The maximum atomic E-state index is 2.45. The summed E-state index contributed by atoms with van der Waals surface area (Å²) >= 11 is 0. The maximum absolute atomic E-state index is 2.45. The second-order valence-corrected chi connectivity index (χ2v) is 21.4. The van der Waals surface area contributed by atoms with Gasteiger partial charge < -0.3 is 9.80 Å². The van der Waals surface area contributed by atoms with E-state index in [1.807, 2.05) is 0 Å². The molecule has 2 aliphatic rings. The minimum Gasteiger partial charge on any atom is -0.310 e. The van der Waals surface area contributed by atoms with Crippen LogP contribution in [0.4, 0.5) is 34.1 Å². The van der Waals surface area contributed by atoms with Gasteiger partial charge in [-0.3, -0.25) is 0 Å². The summed E-state index contributed by atoms with van der Waals surface area (Å²) < 4.78 is 0. The number of nitrogens with zero attached hydrogens (tertiary/aromatic N) is 2. The van der Waals surface area contributed by atoms with Gasteiger partial charge in [0.15, 0.2) is 0 Å². The SMILES string of the molecule is CC1(C)c2cc(C=Cc3ccc4c(c3)C(C)(C)c3cc(N(c5ccc6ccccc6c5)c5cccc6ccccc56)ccc3-4)ccc2-c2ccc(N(c3ccc4ccccc4c3)c3cccc4ccccc34)cc21. The van der Waals surface area contributed by atoms with Gasteiger partial charge >= 0.3 is 0 Å². The van der Waals surface area contributed by atoms with Crippen molar-refractivity contribution in [1.82, 2.24) is 0 Å². The van der Waals surface area contributed by atoms with E-state index >= 15 is 0 Å². The van der Waals surface area contributed by atoms with E-state index < -0.39 is 0 Å². The van der Waals surface area contributed by atoms with Gasteiger partial charge in [-0.05, 0) is 149 Å². The molecule has 0 heterocycles. The van der Waals surface area contributed by atoms with Gasteiger partial charge in [0.25, 0.3) is 0 Å². The largest absolute Gasteiger partial charge is 0.310 e. The predicted molar refractivity (Wildman–Crippen MR) is 316 cm³/mol. The van der Waals surface area contributed by atoms with E-state index in [2.05, 4.69) is 292 Å². The van der Waals surface area contributed by atoms with Gasteiger partial charge in [-0.15, -0.1) is 0 Å². The molecule has 0 aliphatic heterocycles. The third kappa shape index (κ3) is 7.01. The molecule has 0 saturated carbocycles. The Kier molecular flexibility index (Phi) is 9.94. The van der Waals surface area contributed by atoms with E-state index in [9.17, 15) is 0 Å². The van der Waals surface area contributed by atoms with Crippen LogP contribution in [0.3, 0.4) is 0 Å². The molecule has 352 valence electrons. The highest BCUT2D eigenvalue weighted by atomic mass is 15.1. The zero-order valence-corrected chi connectivity index (χ0v) is 42.1. The molecule has 0 unspecified atom stereocenters. The van der Waals surface area contributed by atoms with Gasteiger partial charge in [-0.1, -0.05) is 222 Å². The fourth-order valence-electron chi connectivity index (χ4n) is 12.5. The number of fused-ring (bicyclic) bond motifs is 10. The van der Waals surface area contributed by atoms with E-state index in [0.29, 0.717) is 0 Å². The zero-order valence-electron chi connectivity index (χ0n) is 42.1. The number of anilines is 6. The second-order valence-electron chi connectivity index (χ2n) is 21.4. The van der Waals surface area contributed by atoms with Crippen molar-refractivity contribution in [1.29, 1.82) is 0 Å². The minimum atomic E-state index is -0.210. The average Bonchev–Trinajstić information content (AvgIpc) is 3.80. The lowest BCUT2D eigenvalue weighted by atomic mass is 9.81. The van der Waals surface area contributed by atoms with Gasteiger partial charge in [0, 0.05) is 44.4 Å². The number of hydrogen-bond donors (Lipinski definition) is 0. The standard InChI is InChI=1S/C72H54N2/c1-71(2)65-41-47(29-37-61(65)63-39-35-57(45-67(63)71)73(55-33-31-49-15-5-7-19-53(49)43-55)69-25-13-21-51-17-9-11-23-59(51)69)27-28-48-30-38-62-64-40-36-58(46-68(64)72(3,4)66(62)42-48)74(56-34-32-50-16-6-8-20-54(50)44-56)70-26-14-22-52-18-10-12-24-60(52)70/h5-46H,1-4H3. The van der Waals surface area contributed by atoms with E-state index in [0.717, 1.165) is 22.7 Å². The molecule has 0 saturated heterocycles. The van der Waals surface area contributed by atoms with Gasteiger partial charge in [-0.2, -0.15) is 0 Å². The lowest BCUT2D eigenvalue weighted by Crippen LogP contribution is -2.17. The smallest absolute Gasteiger partial charge is 0.0540 e. The Morgan fingerprint density at radius 1 is 0.270 bits per heavy atom. The molecular formula is C72H54N2. The first-order chi connectivity index (χ1) is 36.2. The molecule has 0 aromatic heterocycles. The van der Waals surface area contributed by atoms with Crippen molar-refractivity contribution in [3.05, 3.63) is 276 Å². The molecule has 2 nitrogen and oxygen atoms in total. The summed E-state index contributed by atoms with van der Waals surface area (Å²) in [5.41, 5.74) is 19.6. The second kappa shape index (κ2) is 16.8. The predicted octanol–water partition coefficient (Wildman–Crippen LogP) is 20.0. The normalized spacial score (nSPS) is 13.8. The van der Waals surface area contributed by atoms with Crippen LogP contribution in [0.5, 0.6) is 0 Å². The third-order valence-electron chi connectivity index (χ3n) is 16.3. The quantitative estimate of drug-likeness (QED) is 0.140. The van der Waals surface area contributed by atoms with Crippen molar-refractivity contribution >= 4 is 89.4 Å². The first kappa shape index (κ1) is 43.8. The van der Waals surface area contributed by atoms with Crippen LogP contribution in [0.25, 0.3) is 77.5 Å². The molecule has 2 heteroatoms. The Balaban J connectivity index is 0.784. The van der Waals surface area contributed by atoms with Crippen molar-refractivity contribution in [2.45, 2.75) is 38.5 Å². The monoisotopic (exact) mass is 946 g/mol. The number of rotatable bonds is 8. The molecule has 0 fully saturated rings. The molecule has 0 spiro atoms. The lowest BCUT2D eigenvalue weighted by Gasteiger charge is -2.29. The van der Waals surface area contributed by atoms with Crippen molar-refractivity contribution < 1.29 is 0 Å². The summed E-state index contributed by atoms with van der Waals surface area (Å²) in [5, 5.41) is 9.84. The fourth-order valence-corrected chi connectivity index (χ4v) is 12.5. The Morgan fingerprint density at radius 3 is 1.03 bits per heavy atom. The van der Waals surface area contributed by atoms with Crippen LogP contribution < -0.4 is 9.80 Å². The molecule has 74 heavy (non-hydrogen) atoms. The highest BCUT2D eigenvalue weighted by Gasteiger charge is 2.38. The third-order valence-corrected chi connectivity index (χ3v) is 16.3. The Labute approximate surface area is 433 Å². The highest BCUT2D eigenvalue weighted by Crippen LogP contribution is 2.54. The summed E-state index contributed by atoms with van der Waals surface area (Å²) in [6.45, 7) is 9.56. The molecule has 0 radical (unpaired) electrons. The summed E-state index contributed by atoms with van der Waals surface area (Å²) in [7, 11) is 0. The van der Waals surface area contributed by atoms with Crippen LogP contribution in [-0.2, 0) is 10.8 Å². The van der Waals surface area contributed by atoms with Crippen LogP contribution in [0.2, 0.25) is 0 Å². The Bertz CT molecular complexity index is 4000. The molecule has 0 bridgehead atoms. The first-order valence-corrected chi connectivity index (χ1v) is 26.0. The molecule has 14 rings (SSSR count). The van der Waals surface area contributed by atoms with Crippen molar-refractivity contribution in [2.75, 3.05) is 9.80 Å². The summed E-state index contributed by atoms with van der Waals surface area (Å²) in [4.78, 5) is 4.90. The van der Waals surface area contributed by atoms with E-state index in [1.165, 1.54) is 110 Å². The van der Waals surface area contributed by atoms with Crippen LogP contribution in [0, 0.1) is 0 Å². The number of benzene rings is 12. The fraction of sp³-hybridized carbons (Fsp3) is 0.0833. The molecule has 12 aromatic carbocycles. The van der Waals surface area contributed by atoms with E-state index in [-0.39, 0.29) is 10.8 Å². The van der Waals surface area contributed by atoms with E-state index in [4.69, 9.17) is 0 Å². The van der Waals surface area contributed by atoms with Crippen LogP contribution >= 0.6 is 0 Å². The molecule has 0 N–H and O–H groups in total. The topological polar surface area (TPSA) is 6.48 Å². The summed E-state index contributed by atoms with van der Waals surface area (Å²) in [5.74, 6) is 0. The molecular weight excluding hydrogens is 893 g/mol. The first-order valence-electron chi connectivity index (χ1n) is 26.0. The lowest BCUT2D eigenvalue weighted by molar-refractivity contribution is 0.660. The van der Waals surface area contributed by atoms with Crippen LogP contribution in [0.15, 0.2) is 243 Å². The average molecular weight is 947 g/mol. The van der Waals surface area contributed by atoms with Crippen LogP contribution in [0.1, 0.15) is 61.1 Å². The van der Waals surface area contributed by atoms with Crippen LogP contribution in [-0.4, -0.2) is 0 Å². The highest BCUT2D eigenvalue weighted by molar-refractivity contribution is 6.03. The molecule has 0 atom stereocenters.